The van der Waals surface area contributed by atoms with E-state index in [2.05, 4.69) is 46.8 Å². The maximum atomic E-state index is 9.68. The van der Waals surface area contributed by atoms with E-state index in [1.165, 1.54) is 25.4 Å². The van der Waals surface area contributed by atoms with Gasteiger partial charge in [0.05, 0.1) is 43.8 Å². The van der Waals surface area contributed by atoms with Gasteiger partial charge >= 0.3 is 0 Å². The summed E-state index contributed by atoms with van der Waals surface area (Å²) in [7, 11) is 0. The van der Waals surface area contributed by atoms with Gasteiger partial charge in [-0.2, -0.15) is 5.26 Å². The zero-order valence-corrected chi connectivity index (χ0v) is 27.7. The molecule has 1 aliphatic carbocycles. The Labute approximate surface area is 288 Å². The number of benzene rings is 1. The highest BCUT2D eigenvalue weighted by Crippen LogP contribution is 2.39. The quantitative estimate of drug-likeness (QED) is 0.197. The van der Waals surface area contributed by atoms with Gasteiger partial charge < -0.3 is 23.9 Å². The molecule has 1 aromatic carbocycles. The number of nitrogens with one attached hydrogen (secondary N) is 1. The van der Waals surface area contributed by atoms with E-state index in [1.807, 2.05) is 29.9 Å². The van der Waals surface area contributed by atoms with Gasteiger partial charge in [0.15, 0.2) is 6.61 Å². The SMILES string of the molecule is C[C@@H](Cn1cnnn1)Oc1cc(-c2cnc(Nc3cn(C4CCC(N5[C@@H]6CC[C@H]5COC6)CC4)nc3OCc3ncco3)nc2)ccc1C#N. The standard InChI is InChI=1S/C34H38N12O4/c1-22(16-44-21-39-42-43-44)50-31-12-23(2-3-24(31)13-35)25-14-37-34(38-15-25)40-30-17-45(41-33(30)49-20-32-36-10-11-48-32)26-4-6-27(7-5-26)46-28-8-9-29(46)19-47-18-28/h2-3,10-12,14-15,17,21-22,26-29H,4-9,16,18-20H2,1H3,(H,37,38,40)/t22-,26?,27?,28-,29+/m0/s1. The number of fused-ring (bicyclic) bond motifs is 2. The van der Waals surface area contributed by atoms with Crippen molar-refractivity contribution in [1.82, 2.24) is 49.8 Å². The van der Waals surface area contributed by atoms with Crippen LogP contribution in [0.1, 0.15) is 62.9 Å². The number of hydrogen-bond acceptors (Lipinski definition) is 14. The van der Waals surface area contributed by atoms with Crippen LogP contribution in [0.4, 0.5) is 11.6 Å². The molecule has 3 aliphatic rings. The fourth-order valence-corrected chi connectivity index (χ4v) is 7.42. The van der Waals surface area contributed by atoms with Gasteiger partial charge in [0, 0.05) is 36.1 Å². The maximum Gasteiger partial charge on any atom is 0.257 e. The summed E-state index contributed by atoms with van der Waals surface area (Å²) in [5.74, 6) is 1.73. The molecule has 0 spiro atoms. The number of ether oxygens (including phenoxy) is 3. The molecular weight excluding hydrogens is 640 g/mol. The number of hydrogen-bond donors (Lipinski definition) is 1. The third-order valence-electron chi connectivity index (χ3n) is 9.77. The predicted octanol–water partition coefficient (Wildman–Crippen LogP) is 4.32. The van der Waals surface area contributed by atoms with Gasteiger partial charge in [-0.1, -0.05) is 6.07 Å². The Bertz CT molecular complexity index is 1880. The van der Waals surface area contributed by atoms with E-state index in [4.69, 9.17) is 23.7 Å². The minimum absolute atomic E-state index is 0.141. The van der Waals surface area contributed by atoms with Crippen LogP contribution in [0.25, 0.3) is 11.1 Å². The van der Waals surface area contributed by atoms with Crippen molar-refractivity contribution in [3.8, 4) is 28.8 Å². The Morgan fingerprint density at radius 1 is 1.00 bits per heavy atom. The fraction of sp³-hybridized carbons (Fsp3) is 0.471. The first-order valence-electron chi connectivity index (χ1n) is 17.1. The number of tetrazole rings is 1. The molecule has 258 valence electrons. The van der Waals surface area contributed by atoms with E-state index in [0.717, 1.165) is 50.0 Å². The van der Waals surface area contributed by atoms with Crippen LogP contribution >= 0.6 is 0 Å². The van der Waals surface area contributed by atoms with Crippen LogP contribution in [0.2, 0.25) is 0 Å². The molecule has 0 radical (unpaired) electrons. The second-order valence-corrected chi connectivity index (χ2v) is 13.1. The molecule has 3 atom stereocenters. The molecule has 0 amide bonds. The van der Waals surface area contributed by atoms with Crippen molar-refractivity contribution in [3.63, 3.8) is 0 Å². The van der Waals surface area contributed by atoms with Crippen LogP contribution < -0.4 is 14.8 Å². The minimum atomic E-state index is -0.278. The second kappa shape index (κ2) is 14.2. The predicted molar refractivity (Wildman–Crippen MR) is 177 cm³/mol. The van der Waals surface area contributed by atoms with Crippen molar-refractivity contribution < 1.29 is 18.6 Å². The monoisotopic (exact) mass is 678 g/mol. The third-order valence-corrected chi connectivity index (χ3v) is 9.77. The second-order valence-electron chi connectivity index (χ2n) is 13.1. The summed E-state index contributed by atoms with van der Waals surface area (Å²) in [4.78, 5) is 16.1. The molecule has 1 saturated carbocycles. The lowest BCUT2D eigenvalue weighted by Gasteiger charge is -2.43. The van der Waals surface area contributed by atoms with Gasteiger partial charge in [0.2, 0.25) is 11.8 Å². The van der Waals surface area contributed by atoms with E-state index in [0.29, 0.717) is 59.4 Å². The molecule has 1 N–H and O–H groups in total. The zero-order valence-electron chi connectivity index (χ0n) is 27.7. The first-order chi connectivity index (χ1) is 24.6. The van der Waals surface area contributed by atoms with Crippen molar-refractivity contribution in [2.75, 3.05) is 18.5 Å². The molecule has 5 aromatic rings. The number of nitriles is 1. The molecule has 4 aromatic heterocycles. The molecule has 2 bridgehead atoms. The average Bonchev–Trinajstić information content (AvgIpc) is 3.97. The summed E-state index contributed by atoms with van der Waals surface area (Å²) in [6.45, 7) is 4.20. The highest BCUT2D eigenvalue weighted by Gasteiger charge is 2.42. The van der Waals surface area contributed by atoms with Crippen LogP contribution in [-0.4, -0.2) is 87.3 Å². The fourth-order valence-electron chi connectivity index (χ4n) is 7.42. The topological polar surface area (TPSA) is 180 Å². The molecule has 50 heavy (non-hydrogen) atoms. The third kappa shape index (κ3) is 6.87. The van der Waals surface area contributed by atoms with Gasteiger partial charge in [-0.25, -0.2) is 19.6 Å². The normalized spacial score (nSPS) is 22.6. The number of morpholine rings is 1. The smallest absolute Gasteiger partial charge is 0.257 e. The summed E-state index contributed by atoms with van der Waals surface area (Å²) < 4.78 is 27.0. The first-order valence-corrected chi connectivity index (χ1v) is 17.1. The van der Waals surface area contributed by atoms with E-state index >= 15 is 0 Å². The number of aromatic nitrogens is 9. The van der Waals surface area contributed by atoms with Gasteiger partial charge in [-0.05, 0) is 73.6 Å². The molecule has 16 nitrogen and oxygen atoms in total. The minimum Gasteiger partial charge on any atom is -0.487 e. The zero-order chi connectivity index (χ0) is 33.9. The van der Waals surface area contributed by atoms with Crippen molar-refractivity contribution >= 4 is 11.6 Å². The first kappa shape index (κ1) is 31.8. The van der Waals surface area contributed by atoms with Gasteiger partial charge in [-0.3, -0.25) is 9.58 Å². The molecular formula is C34H38N12O4. The molecule has 2 aliphatic heterocycles. The summed E-state index contributed by atoms with van der Waals surface area (Å²) in [5.41, 5.74) is 2.65. The van der Waals surface area contributed by atoms with Gasteiger partial charge in [0.25, 0.3) is 5.88 Å². The Hall–Kier alpha value is -5.40. The lowest BCUT2D eigenvalue weighted by Crippen LogP contribution is -2.52. The van der Waals surface area contributed by atoms with E-state index in [-0.39, 0.29) is 18.8 Å². The highest BCUT2D eigenvalue weighted by atomic mass is 16.5. The number of anilines is 2. The summed E-state index contributed by atoms with van der Waals surface area (Å²) >= 11 is 0. The molecule has 3 fully saturated rings. The molecule has 8 rings (SSSR count). The van der Waals surface area contributed by atoms with Gasteiger partial charge in [-0.15, -0.1) is 10.2 Å². The Kier molecular flexibility index (Phi) is 9.05. The highest BCUT2D eigenvalue weighted by molar-refractivity contribution is 5.67. The number of nitrogens with zero attached hydrogens (tertiary/aromatic N) is 11. The van der Waals surface area contributed by atoms with E-state index in [9.17, 15) is 5.26 Å². The van der Waals surface area contributed by atoms with E-state index < -0.39 is 0 Å². The number of rotatable bonds is 12. The van der Waals surface area contributed by atoms with Crippen LogP contribution in [0, 0.1) is 11.3 Å². The molecule has 2 saturated heterocycles. The van der Waals surface area contributed by atoms with E-state index in [1.54, 1.807) is 29.3 Å². The molecule has 6 heterocycles. The van der Waals surface area contributed by atoms with Crippen LogP contribution in [0.15, 0.2) is 60.0 Å². The average molecular weight is 679 g/mol. The summed E-state index contributed by atoms with van der Waals surface area (Å²) in [6.07, 6.45) is 16.6. The number of oxazole rings is 1. The molecule has 16 heteroatoms. The van der Waals surface area contributed by atoms with Crippen molar-refractivity contribution in [2.45, 2.75) is 88.9 Å². The summed E-state index contributed by atoms with van der Waals surface area (Å²) in [5, 5.41) is 29.1. The molecule has 0 unspecified atom stereocenters. The van der Waals surface area contributed by atoms with Crippen LogP contribution in [0.3, 0.4) is 0 Å². The van der Waals surface area contributed by atoms with Crippen LogP contribution in [-0.2, 0) is 17.9 Å². The largest absolute Gasteiger partial charge is 0.487 e. The van der Waals surface area contributed by atoms with Crippen molar-refractivity contribution in [1.29, 1.82) is 5.26 Å². The Balaban J connectivity index is 0.961. The van der Waals surface area contributed by atoms with Crippen molar-refractivity contribution in [3.05, 3.63) is 67.0 Å². The van der Waals surface area contributed by atoms with Gasteiger partial charge in [0.1, 0.15) is 36.2 Å². The summed E-state index contributed by atoms with van der Waals surface area (Å²) in [6, 6.07) is 9.60. The lowest BCUT2D eigenvalue weighted by atomic mass is 9.89. The Morgan fingerprint density at radius 2 is 1.78 bits per heavy atom. The van der Waals surface area contributed by atoms with Crippen LogP contribution in [0.5, 0.6) is 11.6 Å². The maximum absolute atomic E-state index is 9.68. The lowest BCUT2D eigenvalue weighted by molar-refractivity contribution is -0.0458. The van der Waals surface area contributed by atoms with Crippen molar-refractivity contribution in [2.24, 2.45) is 0 Å². The Morgan fingerprint density at radius 3 is 2.50 bits per heavy atom.